The minimum absolute atomic E-state index is 0.0266. The van der Waals surface area contributed by atoms with Crippen molar-refractivity contribution in [3.8, 4) is 0 Å². The molecule has 6 heteroatoms. The van der Waals surface area contributed by atoms with Crippen molar-refractivity contribution in [2.45, 2.75) is 31.8 Å². The van der Waals surface area contributed by atoms with Crippen LogP contribution in [0.4, 0.5) is 0 Å². The molecule has 1 N–H and O–H groups in total. The van der Waals surface area contributed by atoms with Crippen LogP contribution < -0.4 is 0 Å². The first-order chi connectivity index (χ1) is 10.5. The molecule has 1 aromatic carbocycles. The van der Waals surface area contributed by atoms with Gasteiger partial charge in [-0.15, -0.1) is 0 Å². The fourth-order valence-corrected chi connectivity index (χ4v) is 4.45. The van der Waals surface area contributed by atoms with E-state index in [2.05, 4.69) is 11.1 Å². The molecule has 3 rings (SSSR count). The number of H-pyrrole nitrogens is 1. The molecule has 22 heavy (non-hydrogen) atoms. The summed E-state index contributed by atoms with van der Waals surface area (Å²) in [6.07, 6.45) is 3.75. The topological polar surface area (TPSA) is 76.2 Å². The number of hydrogen-bond donors (Lipinski definition) is 1. The van der Waals surface area contributed by atoms with Crippen LogP contribution in [0.2, 0.25) is 0 Å². The van der Waals surface area contributed by atoms with Crippen LogP contribution in [0.1, 0.15) is 24.8 Å². The third-order valence-corrected chi connectivity index (χ3v) is 5.73. The number of rotatable bonds is 5. The summed E-state index contributed by atoms with van der Waals surface area (Å²) in [6, 6.07) is 8.06. The van der Waals surface area contributed by atoms with Crippen LogP contribution in [0.3, 0.4) is 0 Å². The number of ether oxygens (including phenoxy) is 1. The van der Waals surface area contributed by atoms with E-state index in [9.17, 15) is 13.2 Å². The van der Waals surface area contributed by atoms with Gasteiger partial charge in [0.05, 0.1) is 11.5 Å². The Balaban J connectivity index is 1.48. The molecule has 0 amide bonds. The first kappa shape index (κ1) is 15.1. The van der Waals surface area contributed by atoms with Gasteiger partial charge in [-0.25, -0.2) is 8.42 Å². The first-order valence-corrected chi connectivity index (χ1v) is 9.30. The summed E-state index contributed by atoms with van der Waals surface area (Å²) in [4.78, 5) is 15.0. The van der Waals surface area contributed by atoms with E-state index in [1.54, 1.807) is 0 Å². The Kier molecular flexibility index (Phi) is 4.20. The van der Waals surface area contributed by atoms with Gasteiger partial charge in [0.15, 0.2) is 9.84 Å². The van der Waals surface area contributed by atoms with Crippen LogP contribution in [-0.4, -0.2) is 37.0 Å². The monoisotopic (exact) mass is 321 g/mol. The van der Waals surface area contributed by atoms with Crippen molar-refractivity contribution >= 4 is 26.7 Å². The predicted octanol–water partition coefficient (Wildman–Crippen LogP) is 2.22. The molecule has 0 aliphatic carbocycles. The average Bonchev–Trinajstić information content (AvgIpc) is 3.03. The second-order valence-corrected chi connectivity index (χ2v) is 7.96. The lowest BCUT2D eigenvalue weighted by Gasteiger charge is -2.09. The van der Waals surface area contributed by atoms with Gasteiger partial charge in [0.2, 0.25) is 0 Å². The number of esters is 1. The fourth-order valence-electron chi connectivity index (χ4n) is 2.86. The molecule has 0 unspecified atom stereocenters. The zero-order valence-electron chi connectivity index (χ0n) is 12.2. The maximum absolute atomic E-state index is 11.8. The van der Waals surface area contributed by atoms with Gasteiger partial charge < -0.3 is 9.72 Å². The van der Waals surface area contributed by atoms with Gasteiger partial charge in [-0.2, -0.15) is 0 Å². The Morgan fingerprint density at radius 3 is 2.91 bits per heavy atom. The third-order valence-electron chi connectivity index (χ3n) is 3.99. The van der Waals surface area contributed by atoms with Crippen molar-refractivity contribution in [1.29, 1.82) is 0 Å². The summed E-state index contributed by atoms with van der Waals surface area (Å²) in [5, 5.41) is 1.18. The summed E-state index contributed by atoms with van der Waals surface area (Å²) >= 11 is 0. The van der Waals surface area contributed by atoms with E-state index < -0.39 is 15.9 Å². The molecule has 2 aromatic rings. The van der Waals surface area contributed by atoms with Gasteiger partial charge in [-0.3, -0.25) is 4.79 Å². The number of sulfone groups is 1. The molecule has 1 aliphatic rings. The summed E-state index contributed by atoms with van der Waals surface area (Å²) < 4.78 is 27.9. The fraction of sp³-hybridized carbons (Fsp3) is 0.438. The lowest BCUT2D eigenvalue weighted by atomic mass is 10.1. The molecule has 0 saturated carbocycles. The highest BCUT2D eigenvalue weighted by atomic mass is 32.2. The number of aromatic nitrogens is 1. The molecule has 2 heterocycles. The minimum Gasteiger partial charge on any atom is -0.461 e. The third kappa shape index (κ3) is 3.50. The van der Waals surface area contributed by atoms with Crippen molar-refractivity contribution < 1.29 is 17.9 Å². The Hall–Kier alpha value is -1.82. The normalized spacial score (nSPS) is 20.3. The maximum atomic E-state index is 11.8. The van der Waals surface area contributed by atoms with Crippen LogP contribution >= 0.6 is 0 Å². The van der Waals surface area contributed by atoms with Crippen molar-refractivity contribution in [3.63, 3.8) is 0 Å². The molecule has 118 valence electrons. The van der Waals surface area contributed by atoms with Gasteiger partial charge in [-0.05, 0) is 30.9 Å². The highest BCUT2D eigenvalue weighted by Gasteiger charge is 2.30. The number of fused-ring (bicyclic) bond motifs is 1. The van der Waals surface area contributed by atoms with E-state index >= 15 is 0 Å². The van der Waals surface area contributed by atoms with Crippen LogP contribution in [0.5, 0.6) is 0 Å². The van der Waals surface area contributed by atoms with E-state index in [0.29, 0.717) is 19.3 Å². The zero-order valence-corrected chi connectivity index (χ0v) is 13.1. The molecule has 0 spiro atoms. The number of hydrogen-bond acceptors (Lipinski definition) is 4. The molecule has 0 bridgehead atoms. The Labute approximate surface area is 129 Å². The lowest BCUT2D eigenvalue weighted by molar-refractivity contribution is -0.147. The Morgan fingerprint density at radius 2 is 2.14 bits per heavy atom. The van der Waals surface area contributed by atoms with Crippen molar-refractivity contribution in [1.82, 2.24) is 4.98 Å². The largest absolute Gasteiger partial charge is 0.461 e. The molecule has 1 atom stereocenters. The second kappa shape index (κ2) is 6.12. The summed E-state index contributed by atoms with van der Waals surface area (Å²) in [7, 11) is -3.00. The molecular formula is C16H19NO4S. The van der Waals surface area contributed by atoms with Crippen LogP contribution in [-0.2, 0) is 25.8 Å². The van der Waals surface area contributed by atoms with Gasteiger partial charge >= 0.3 is 5.97 Å². The van der Waals surface area contributed by atoms with Crippen molar-refractivity contribution in [3.05, 3.63) is 36.0 Å². The number of carbonyl (C=O) groups is 1. The minimum atomic E-state index is -3.00. The Morgan fingerprint density at radius 1 is 1.32 bits per heavy atom. The van der Waals surface area contributed by atoms with Crippen molar-refractivity contribution in [2.75, 3.05) is 11.5 Å². The molecule has 1 saturated heterocycles. The van der Waals surface area contributed by atoms with E-state index in [1.165, 1.54) is 10.9 Å². The number of nitrogens with one attached hydrogen (secondary N) is 1. The second-order valence-electron chi connectivity index (χ2n) is 5.73. The average molecular weight is 321 g/mol. The SMILES string of the molecule is O=C(CCCc1c[nH]c2ccccc12)O[C@@H]1CCS(=O)(=O)C1. The smallest absolute Gasteiger partial charge is 0.306 e. The van der Waals surface area contributed by atoms with Crippen molar-refractivity contribution in [2.24, 2.45) is 0 Å². The standard InChI is InChI=1S/C16H19NO4S/c18-16(21-13-8-9-22(19,20)11-13)7-3-4-12-10-17-15-6-2-1-5-14(12)15/h1-2,5-6,10,13,17H,3-4,7-9,11H2/t13-/m1/s1. The lowest BCUT2D eigenvalue weighted by Crippen LogP contribution is -2.19. The summed E-state index contributed by atoms with van der Waals surface area (Å²) in [6.45, 7) is 0. The number of carbonyl (C=O) groups excluding carboxylic acids is 1. The van der Waals surface area contributed by atoms with Gasteiger partial charge in [0.1, 0.15) is 6.10 Å². The van der Waals surface area contributed by atoms with Crippen LogP contribution in [0, 0.1) is 0 Å². The molecule has 1 aromatic heterocycles. The summed E-state index contributed by atoms with van der Waals surface area (Å²) in [5.74, 6) is -0.205. The first-order valence-electron chi connectivity index (χ1n) is 7.48. The number of aryl methyl sites for hydroxylation is 1. The van der Waals surface area contributed by atoms with E-state index in [4.69, 9.17) is 4.74 Å². The predicted molar refractivity (Wildman–Crippen MR) is 84.4 cm³/mol. The summed E-state index contributed by atoms with van der Waals surface area (Å²) in [5.41, 5.74) is 2.28. The highest BCUT2D eigenvalue weighted by Crippen LogP contribution is 2.20. The van der Waals surface area contributed by atoms with E-state index in [0.717, 1.165) is 11.9 Å². The Bertz CT molecular complexity index is 778. The maximum Gasteiger partial charge on any atom is 0.306 e. The highest BCUT2D eigenvalue weighted by molar-refractivity contribution is 7.91. The van der Waals surface area contributed by atoms with Crippen LogP contribution in [0.15, 0.2) is 30.5 Å². The van der Waals surface area contributed by atoms with E-state index in [1.807, 2.05) is 24.4 Å². The van der Waals surface area contributed by atoms with Gasteiger partial charge in [-0.1, -0.05) is 18.2 Å². The number of aromatic amines is 1. The molecule has 1 fully saturated rings. The molecular weight excluding hydrogens is 302 g/mol. The van der Waals surface area contributed by atoms with Crippen LogP contribution in [0.25, 0.3) is 10.9 Å². The van der Waals surface area contributed by atoms with Gasteiger partial charge in [0.25, 0.3) is 0 Å². The zero-order chi connectivity index (χ0) is 15.6. The number of benzene rings is 1. The quantitative estimate of drug-likeness (QED) is 0.857. The molecule has 0 radical (unpaired) electrons. The van der Waals surface area contributed by atoms with E-state index in [-0.39, 0.29) is 17.5 Å². The molecule has 5 nitrogen and oxygen atoms in total. The number of para-hydroxylation sites is 1. The van der Waals surface area contributed by atoms with Gasteiger partial charge in [0, 0.05) is 23.5 Å². The molecule has 1 aliphatic heterocycles.